The molecule has 0 saturated heterocycles. The molecule has 2 heterocycles. The molecule has 22 heavy (non-hydrogen) atoms. The van der Waals surface area contributed by atoms with Crippen molar-refractivity contribution in [2.24, 2.45) is 0 Å². The highest BCUT2D eigenvalue weighted by Crippen LogP contribution is 2.28. The Morgan fingerprint density at radius 1 is 0.864 bits per heavy atom. The normalized spacial score (nSPS) is 11.1. The van der Waals surface area contributed by atoms with Crippen molar-refractivity contribution in [1.29, 1.82) is 0 Å². The van der Waals surface area contributed by atoms with Crippen molar-refractivity contribution in [2.45, 2.75) is 6.42 Å². The zero-order valence-electron chi connectivity index (χ0n) is 11.4. The molecular weight excluding hydrogens is 317 g/mol. The third-order valence-electron chi connectivity index (χ3n) is 3.20. The van der Waals surface area contributed by atoms with Crippen LogP contribution in [0.1, 0.15) is 10.0 Å². The average Bonchev–Trinajstić information content (AvgIpc) is 3.16. The molecule has 4 aromatic rings. The Bertz CT molecular complexity index is 931. The van der Waals surface area contributed by atoms with Crippen molar-refractivity contribution in [3.63, 3.8) is 0 Å². The fraction of sp³-hybridized carbons (Fsp3) is 0.0625. The molecule has 0 N–H and O–H groups in total. The minimum atomic E-state index is -0.276. The smallest absolute Gasteiger partial charge is 0.150 e. The quantitative estimate of drug-likeness (QED) is 0.554. The summed E-state index contributed by atoms with van der Waals surface area (Å²) in [7, 11) is 0. The summed E-state index contributed by atoms with van der Waals surface area (Å²) in [5.41, 5.74) is 1.50. The van der Waals surface area contributed by atoms with E-state index in [2.05, 4.69) is 15.2 Å². The molecule has 0 radical (unpaired) electrons. The molecule has 0 aliphatic rings. The van der Waals surface area contributed by atoms with Gasteiger partial charge in [0.05, 0.1) is 11.1 Å². The van der Waals surface area contributed by atoms with E-state index in [0.717, 1.165) is 25.3 Å². The summed E-state index contributed by atoms with van der Waals surface area (Å²) in [5.74, 6) is -0.276. The van der Waals surface area contributed by atoms with Crippen LogP contribution in [0.4, 0.5) is 4.39 Å². The number of fused-ring (bicyclic) bond motifs is 1. The Kier molecular flexibility index (Phi) is 3.40. The summed E-state index contributed by atoms with van der Waals surface area (Å²) < 4.78 is 14.5. The molecule has 0 atom stereocenters. The van der Waals surface area contributed by atoms with Gasteiger partial charge >= 0.3 is 0 Å². The summed E-state index contributed by atoms with van der Waals surface area (Å²) in [5, 5.41) is 11.1. The van der Waals surface area contributed by atoms with Crippen LogP contribution < -0.4 is 0 Å². The molecule has 3 nitrogen and oxygen atoms in total. The minimum Gasteiger partial charge on any atom is -0.238 e. The van der Waals surface area contributed by atoms with Gasteiger partial charge in [-0.3, -0.25) is 0 Å². The van der Waals surface area contributed by atoms with Gasteiger partial charge < -0.3 is 0 Å². The number of hydrogen-bond donors (Lipinski definition) is 0. The molecule has 0 aliphatic heterocycles. The van der Waals surface area contributed by atoms with Crippen molar-refractivity contribution in [3.05, 3.63) is 64.4 Å². The second-order valence-electron chi connectivity index (χ2n) is 4.74. The van der Waals surface area contributed by atoms with Gasteiger partial charge in [-0.1, -0.05) is 47.7 Å². The van der Waals surface area contributed by atoms with Gasteiger partial charge in [-0.2, -0.15) is 0 Å². The predicted octanol–water partition coefficient (Wildman–Crippen LogP) is 4.54. The number of nitrogens with zero attached hydrogens (tertiary/aromatic N) is 3. The van der Waals surface area contributed by atoms with Gasteiger partial charge in [-0.25, -0.2) is 9.37 Å². The van der Waals surface area contributed by atoms with E-state index in [1.165, 1.54) is 17.4 Å². The molecular formula is C16H10FN3S2. The molecule has 0 unspecified atom stereocenters. The zero-order valence-corrected chi connectivity index (χ0v) is 13.0. The maximum atomic E-state index is 13.7. The van der Waals surface area contributed by atoms with E-state index in [1.807, 2.05) is 36.4 Å². The van der Waals surface area contributed by atoms with Crippen LogP contribution in [0.15, 0.2) is 48.5 Å². The standard InChI is InChI=1S/C16H10FN3S2/c17-11-7-4-8-12-15(11)18-13(21-12)9-14-19-20-16(22-14)10-5-2-1-3-6-10/h1-8H,9H2. The Morgan fingerprint density at radius 3 is 2.55 bits per heavy atom. The number of benzene rings is 2. The van der Waals surface area contributed by atoms with E-state index >= 15 is 0 Å². The second kappa shape index (κ2) is 5.55. The molecule has 108 valence electrons. The van der Waals surface area contributed by atoms with Crippen molar-refractivity contribution in [3.8, 4) is 10.6 Å². The fourth-order valence-electron chi connectivity index (χ4n) is 2.19. The van der Waals surface area contributed by atoms with E-state index in [1.54, 1.807) is 17.4 Å². The lowest BCUT2D eigenvalue weighted by Crippen LogP contribution is -1.86. The molecule has 0 fully saturated rings. The summed E-state index contributed by atoms with van der Waals surface area (Å²) >= 11 is 3.04. The Balaban J connectivity index is 1.63. The SMILES string of the molecule is Fc1cccc2sc(Cc3nnc(-c4ccccc4)s3)nc12. The van der Waals surface area contributed by atoms with E-state index in [0.29, 0.717) is 11.9 Å². The number of hydrogen-bond acceptors (Lipinski definition) is 5. The van der Waals surface area contributed by atoms with Gasteiger partial charge in [0.15, 0.2) is 0 Å². The monoisotopic (exact) mass is 327 g/mol. The van der Waals surface area contributed by atoms with Gasteiger partial charge in [0.25, 0.3) is 0 Å². The average molecular weight is 327 g/mol. The van der Waals surface area contributed by atoms with Crippen LogP contribution in [0.25, 0.3) is 20.8 Å². The zero-order chi connectivity index (χ0) is 14.9. The van der Waals surface area contributed by atoms with Crippen LogP contribution in [0.3, 0.4) is 0 Å². The molecule has 0 bridgehead atoms. The highest BCUT2D eigenvalue weighted by Gasteiger charge is 2.12. The molecule has 6 heteroatoms. The first-order valence-corrected chi connectivity index (χ1v) is 8.34. The molecule has 2 aromatic heterocycles. The maximum absolute atomic E-state index is 13.7. The van der Waals surface area contributed by atoms with Crippen LogP contribution in [0, 0.1) is 5.82 Å². The lowest BCUT2D eigenvalue weighted by molar-refractivity contribution is 0.637. The van der Waals surface area contributed by atoms with Crippen LogP contribution >= 0.6 is 22.7 Å². The van der Waals surface area contributed by atoms with E-state index in [-0.39, 0.29) is 5.82 Å². The number of halogens is 1. The lowest BCUT2D eigenvalue weighted by atomic mass is 10.2. The highest BCUT2D eigenvalue weighted by atomic mass is 32.1. The van der Waals surface area contributed by atoms with Gasteiger partial charge in [0.2, 0.25) is 0 Å². The summed E-state index contributed by atoms with van der Waals surface area (Å²) in [4.78, 5) is 4.37. The minimum absolute atomic E-state index is 0.276. The number of aromatic nitrogens is 3. The van der Waals surface area contributed by atoms with E-state index in [4.69, 9.17) is 0 Å². The number of thiazole rings is 1. The van der Waals surface area contributed by atoms with Crippen LogP contribution in [-0.2, 0) is 6.42 Å². The fourth-order valence-corrected chi connectivity index (χ4v) is 4.12. The molecule has 0 aliphatic carbocycles. The van der Waals surface area contributed by atoms with Crippen molar-refractivity contribution >= 4 is 32.9 Å². The van der Waals surface area contributed by atoms with E-state index < -0.39 is 0 Å². The molecule has 0 saturated carbocycles. The summed E-state index contributed by atoms with van der Waals surface area (Å²) in [6.45, 7) is 0. The maximum Gasteiger partial charge on any atom is 0.150 e. The highest BCUT2D eigenvalue weighted by molar-refractivity contribution is 7.19. The predicted molar refractivity (Wildman–Crippen MR) is 87.7 cm³/mol. The van der Waals surface area contributed by atoms with Crippen molar-refractivity contribution in [1.82, 2.24) is 15.2 Å². The van der Waals surface area contributed by atoms with Crippen LogP contribution in [0.5, 0.6) is 0 Å². The first-order chi connectivity index (χ1) is 10.8. The number of para-hydroxylation sites is 1. The largest absolute Gasteiger partial charge is 0.238 e. The van der Waals surface area contributed by atoms with Crippen molar-refractivity contribution < 1.29 is 4.39 Å². The molecule has 4 rings (SSSR count). The van der Waals surface area contributed by atoms with Crippen LogP contribution in [0.2, 0.25) is 0 Å². The first-order valence-electron chi connectivity index (χ1n) is 6.71. The van der Waals surface area contributed by atoms with Crippen LogP contribution in [-0.4, -0.2) is 15.2 Å². The topological polar surface area (TPSA) is 38.7 Å². The van der Waals surface area contributed by atoms with Gasteiger partial charge in [0, 0.05) is 5.56 Å². The van der Waals surface area contributed by atoms with Crippen molar-refractivity contribution in [2.75, 3.05) is 0 Å². The molecule has 0 amide bonds. The van der Waals surface area contributed by atoms with Gasteiger partial charge in [-0.15, -0.1) is 21.5 Å². The van der Waals surface area contributed by atoms with E-state index in [9.17, 15) is 4.39 Å². The molecule has 0 spiro atoms. The Labute approximate surface area is 134 Å². The van der Waals surface area contributed by atoms with Gasteiger partial charge in [-0.05, 0) is 12.1 Å². The second-order valence-corrected chi connectivity index (χ2v) is 6.92. The Hall–Kier alpha value is -2.18. The molecule has 2 aromatic carbocycles. The summed E-state index contributed by atoms with van der Waals surface area (Å²) in [6, 6.07) is 15.0. The Morgan fingerprint density at radius 2 is 1.73 bits per heavy atom. The lowest BCUT2D eigenvalue weighted by Gasteiger charge is -1.91. The third-order valence-corrected chi connectivity index (χ3v) is 5.20. The summed E-state index contributed by atoms with van der Waals surface area (Å²) in [6.07, 6.45) is 0.587. The first kappa shape index (κ1) is 13.5. The third kappa shape index (κ3) is 2.51. The van der Waals surface area contributed by atoms with Gasteiger partial charge in [0.1, 0.15) is 26.4 Å². The number of rotatable bonds is 3.